The monoisotopic (exact) mass is 310 g/mol. The van der Waals surface area contributed by atoms with Gasteiger partial charge in [-0.1, -0.05) is 11.6 Å². The second-order valence-corrected chi connectivity index (χ2v) is 5.39. The zero-order valence-corrected chi connectivity index (χ0v) is 11.9. The van der Waals surface area contributed by atoms with Crippen molar-refractivity contribution in [1.82, 2.24) is 4.57 Å². The molecule has 0 aliphatic heterocycles. The Kier molecular flexibility index (Phi) is 3.13. The number of nitrogens with one attached hydrogen (secondary N) is 1. The van der Waals surface area contributed by atoms with Crippen molar-refractivity contribution in [3.63, 3.8) is 0 Å². The summed E-state index contributed by atoms with van der Waals surface area (Å²) >= 11 is 6.22. The van der Waals surface area contributed by atoms with Crippen molar-refractivity contribution in [3.8, 4) is 0 Å². The first-order valence-corrected chi connectivity index (χ1v) is 6.81. The van der Waals surface area contributed by atoms with E-state index >= 15 is 0 Å². The molecule has 0 radical (unpaired) electrons. The zero-order valence-electron chi connectivity index (χ0n) is 11.1. The molecule has 1 aromatic carbocycles. The maximum atomic E-state index is 14.0. The van der Waals surface area contributed by atoms with Gasteiger partial charge < -0.3 is 15.0 Å². The Hall–Kier alpha value is -2.08. The molecule has 1 heterocycles. The summed E-state index contributed by atoms with van der Waals surface area (Å²) in [6, 6.07) is 1.14. The summed E-state index contributed by atoms with van der Waals surface area (Å²) in [5.74, 6) is -2.01. The van der Waals surface area contributed by atoms with Gasteiger partial charge in [0.1, 0.15) is 11.4 Å². The lowest BCUT2D eigenvalue weighted by Gasteiger charge is -2.15. The van der Waals surface area contributed by atoms with Crippen molar-refractivity contribution in [1.29, 1.82) is 0 Å². The van der Waals surface area contributed by atoms with E-state index in [0.29, 0.717) is 5.52 Å². The predicted octanol–water partition coefficient (Wildman–Crippen LogP) is 2.87. The molecule has 3 rings (SSSR count). The lowest BCUT2D eigenvalue weighted by molar-refractivity contribution is 0.0695. The van der Waals surface area contributed by atoms with Crippen molar-refractivity contribution in [2.45, 2.75) is 18.9 Å². The topological polar surface area (TPSA) is 71.3 Å². The number of rotatable bonds is 3. The van der Waals surface area contributed by atoms with Gasteiger partial charge in [0.2, 0.25) is 5.43 Å². The number of nitrogens with zero attached hydrogens (tertiary/aromatic N) is 1. The summed E-state index contributed by atoms with van der Waals surface area (Å²) in [4.78, 5) is 23.4. The largest absolute Gasteiger partial charge is 0.477 e. The van der Waals surface area contributed by atoms with E-state index in [1.165, 1.54) is 13.2 Å². The van der Waals surface area contributed by atoms with Crippen LogP contribution in [0.2, 0.25) is 5.02 Å². The third-order valence-corrected chi connectivity index (χ3v) is 4.00. The van der Waals surface area contributed by atoms with Gasteiger partial charge in [-0.15, -0.1) is 0 Å². The zero-order chi connectivity index (χ0) is 15.3. The van der Waals surface area contributed by atoms with Crippen LogP contribution in [0, 0.1) is 5.82 Å². The van der Waals surface area contributed by atoms with Crippen molar-refractivity contribution >= 4 is 34.2 Å². The van der Waals surface area contributed by atoms with E-state index in [4.69, 9.17) is 16.7 Å². The Morgan fingerprint density at radius 1 is 1.52 bits per heavy atom. The van der Waals surface area contributed by atoms with Crippen molar-refractivity contribution in [3.05, 3.63) is 38.9 Å². The molecule has 0 saturated heterocycles. The predicted molar refractivity (Wildman–Crippen MR) is 78.0 cm³/mol. The summed E-state index contributed by atoms with van der Waals surface area (Å²) in [5, 5.41) is 11.9. The number of benzene rings is 1. The Bertz CT molecular complexity index is 827. The number of halogens is 2. The number of aromatic nitrogens is 1. The molecule has 1 fully saturated rings. The Morgan fingerprint density at radius 2 is 2.19 bits per heavy atom. The lowest BCUT2D eigenvalue weighted by Crippen LogP contribution is -2.19. The minimum absolute atomic E-state index is 0.0108. The van der Waals surface area contributed by atoms with E-state index in [-0.39, 0.29) is 27.7 Å². The minimum atomic E-state index is -1.33. The number of hydrogen-bond donors (Lipinski definition) is 2. The Labute approximate surface area is 123 Å². The van der Waals surface area contributed by atoms with Crippen LogP contribution in [-0.2, 0) is 0 Å². The molecule has 0 atom stereocenters. The smallest absolute Gasteiger partial charge is 0.341 e. The number of pyridine rings is 1. The first-order valence-electron chi connectivity index (χ1n) is 6.43. The number of aromatic carboxylic acids is 1. The van der Waals surface area contributed by atoms with Gasteiger partial charge in [0.25, 0.3) is 0 Å². The summed E-state index contributed by atoms with van der Waals surface area (Å²) in [6.45, 7) is 0. The number of fused-ring (bicyclic) bond motifs is 1. The van der Waals surface area contributed by atoms with E-state index in [2.05, 4.69) is 5.32 Å². The standard InChI is InChI=1S/C14H12ClFN2O3/c1-17-11-9(16)4-7-12(10(11)15)18(6-2-3-6)5-8(13(7)19)14(20)21/h4-6,17H,2-3H2,1H3,(H,20,21). The van der Waals surface area contributed by atoms with E-state index in [0.717, 1.165) is 18.9 Å². The molecule has 2 aromatic rings. The van der Waals surface area contributed by atoms with E-state index in [1.54, 1.807) is 4.57 Å². The first kappa shape index (κ1) is 13.9. The summed E-state index contributed by atoms with van der Waals surface area (Å²) in [7, 11) is 1.53. The molecule has 1 aliphatic rings. The number of hydrogen-bond acceptors (Lipinski definition) is 3. The third-order valence-electron chi connectivity index (χ3n) is 3.63. The normalized spacial score (nSPS) is 14.4. The highest BCUT2D eigenvalue weighted by atomic mass is 35.5. The van der Waals surface area contributed by atoms with Crippen molar-refractivity contribution in [2.24, 2.45) is 0 Å². The van der Waals surface area contributed by atoms with Gasteiger partial charge in [-0.05, 0) is 18.9 Å². The quantitative estimate of drug-likeness (QED) is 0.914. The summed E-state index contributed by atoms with van der Waals surface area (Å²) in [5.41, 5.74) is -0.624. The second-order valence-electron chi connectivity index (χ2n) is 5.01. The minimum Gasteiger partial charge on any atom is -0.477 e. The molecule has 1 aliphatic carbocycles. The Balaban J connectivity index is 2.50. The number of carboxylic acid groups (broad SMARTS) is 1. The van der Waals surface area contributed by atoms with Gasteiger partial charge in [0, 0.05) is 19.3 Å². The average Bonchev–Trinajstić information content (AvgIpc) is 3.24. The molecular weight excluding hydrogens is 299 g/mol. The maximum Gasteiger partial charge on any atom is 0.341 e. The molecule has 0 unspecified atom stereocenters. The van der Waals surface area contributed by atoms with Crippen LogP contribution in [0.5, 0.6) is 0 Å². The van der Waals surface area contributed by atoms with E-state index in [1.807, 2.05) is 0 Å². The summed E-state index contributed by atoms with van der Waals surface area (Å²) in [6.07, 6.45) is 3.05. The molecule has 110 valence electrons. The first-order chi connectivity index (χ1) is 9.95. The molecule has 7 heteroatoms. The van der Waals surface area contributed by atoms with Crippen LogP contribution in [0.25, 0.3) is 10.9 Å². The van der Waals surface area contributed by atoms with E-state index in [9.17, 15) is 14.0 Å². The van der Waals surface area contributed by atoms with Gasteiger partial charge in [0.05, 0.1) is 21.6 Å². The lowest BCUT2D eigenvalue weighted by atomic mass is 10.1. The van der Waals surface area contributed by atoms with Gasteiger partial charge in [-0.3, -0.25) is 4.79 Å². The molecule has 2 N–H and O–H groups in total. The molecular formula is C14H12ClFN2O3. The van der Waals surface area contributed by atoms with Crippen LogP contribution in [-0.4, -0.2) is 22.7 Å². The highest BCUT2D eigenvalue weighted by molar-refractivity contribution is 6.38. The van der Waals surface area contributed by atoms with Crippen LogP contribution >= 0.6 is 11.6 Å². The second kappa shape index (κ2) is 4.73. The highest BCUT2D eigenvalue weighted by Gasteiger charge is 2.29. The van der Waals surface area contributed by atoms with Gasteiger partial charge >= 0.3 is 5.97 Å². The maximum absolute atomic E-state index is 14.0. The molecule has 5 nitrogen and oxygen atoms in total. The fraction of sp³-hybridized carbons (Fsp3) is 0.286. The van der Waals surface area contributed by atoms with Gasteiger partial charge in [-0.25, -0.2) is 9.18 Å². The number of carboxylic acids is 1. The molecule has 0 amide bonds. The van der Waals surface area contributed by atoms with Crippen LogP contribution in [0.3, 0.4) is 0 Å². The Morgan fingerprint density at radius 3 is 2.71 bits per heavy atom. The summed E-state index contributed by atoms with van der Waals surface area (Å²) < 4.78 is 15.7. The fourth-order valence-corrected chi connectivity index (χ4v) is 2.85. The highest BCUT2D eigenvalue weighted by Crippen LogP contribution is 2.40. The molecule has 21 heavy (non-hydrogen) atoms. The fourth-order valence-electron chi connectivity index (χ4n) is 2.46. The third kappa shape index (κ3) is 2.06. The SMILES string of the molecule is CNc1c(F)cc2c(=O)c(C(=O)O)cn(C3CC3)c2c1Cl. The van der Waals surface area contributed by atoms with Crippen LogP contribution in [0.4, 0.5) is 10.1 Å². The van der Waals surface area contributed by atoms with Crippen molar-refractivity contribution in [2.75, 3.05) is 12.4 Å². The number of anilines is 1. The van der Waals surface area contributed by atoms with Gasteiger partial charge in [0.15, 0.2) is 0 Å². The molecule has 0 bridgehead atoms. The van der Waals surface area contributed by atoms with Gasteiger partial charge in [-0.2, -0.15) is 0 Å². The van der Waals surface area contributed by atoms with Crippen molar-refractivity contribution < 1.29 is 14.3 Å². The average molecular weight is 311 g/mol. The van der Waals surface area contributed by atoms with E-state index < -0.39 is 17.2 Å². The van der Waals surface area contributed by atoms with Crippen LogP contribution in [0.15, 0.2) is 17.1 Å². The van der Waals surface area contributed by atoms with Crippen LogP contribution < -0.4 is 10.7 Å². The molecule has 1 saturated carbocycles. The molecule has 0 spiro atoms. The van der Waals surface area contributed by atoms with Crippen LogP contribution in [0.1, 0.15) is 29.2 Å². The number of carbonyl (C=O) groups is 1. The molecule has 1 aromatic heterocycles.